The number of nitrogens with two attached hydrogens (primary N) is 1. The van der Waals surface area contributed by atoms with Crippen molar-refractivity contribution in [3.05, 3.63) is 35.4 Å². The zero-order valence-electron chi connectivity index (χ0n) is 8.25. The zero-order chi connectivity index (χ0) is 9.90. The summed E-state index contributed by atoms with van der Waals surface area (Å²) in [5, 5.41) is 8.87. The Morgan fingerprint density at radius 2 is 1.92 bits per heavy atom. The fourth-order valence-corrected chi connectivity index (χ4v) is 1.49. The number of aliphatic hydroxyl groups is 1. The van der Waals surface area contributed by atoms with Gasteiger partial charge in [-0.3, -0.25) is 0 Å². The van der Waals surface area contributed by atoms with Crippen molar-refractivity contribution in [2.75, 3.05) is 6.61 Å². The molecule has 0 saturated heterocycles. The highest BCUT2D eigenvalue weighted by molar-refractivity contribution is 5.32. The number of hydrogen-bond donors (Lipinski definition) is 2. The van der Waals surface area contributed by atoms with Crippen LogP contribution in [0.2, 0.25) is 0 Å². The lowest BCUT2D eigenvalue weighted by atomic mass is 9.90. The molecule has 2 nitrogen and oxygen atoms in total. The molecule has 72 valence electrons. The summed E-state index contributed by atoms with van der Waals surface area (Å²) < 4.78 is 0. The van der Waals surface area contributed by atoms with E-state index in [1.165, 1.54) is 0 Å². The highest BCUT2D eigenvalue weighted by Gasteiger charge is 2.16. The molecule has 0 amide bonds. The first-order valence-corrected chi connectivity index (χ1v) is 4.54. The minimum Gasteiger partial charge on any atom is -0.396 e. The van der Waals surface area contributed by atoms with Crippen LogP contribution in [-0.2, 0) is 12.0 Å². The van der Waals surface area contributed by atoms with Crippen molar-refractivity contribution < 1.29 is 5.11 Å². The topological polar surface area (TPSA) is 46.2 Å². The van der Waals surface area contributed by atoms with Crippen molar-refractivity contribution in [2.45, 2.75) is 25.8 Å². The Balaban J connectivity index is 3.05. The molecule has 3 N–H and O–H groups in total. The molecule has 0 radical (unpaired) electrons. The molecule has 0 fully saturated rings. The summed E-state index contributed by atoms with van der Waals surface area (Å²) in [6, 6.07) is 7.98. The van der Waals surface area contributed by atoms with Crippen LogP contribution in [0, 0.1) is 0 Å². The average Bonchev–Trinajstić information content (AvgIpc) is 2.04. The van der Waals surface area contributed by atoms with Gasteiger partial charge in [0.15, 0.2) is 0 Å². The van der Waals surface area contributed by atoms with Crippen LogP contribution in [0.3, 0.4) is 0 Å². The third kappa shape index (κ3) is 2.54. The number of benzene rings is 1. The van der Waals surface area contributed by atoms with Crippen molar-refractivity contribution >= 4 is 0 Å². The van der Waals surface area contributed by atoms with Crippen LogP contribution in [-0.4, -0.2) is 11.7 Å². The largest absolute Gasteiger partial charge is 0.396 e. The van der Waals surface area contributed by atoms with E-state index in [1.807, 2.05) is 38.1 Å². The maximum Gasteiger partial charge on any atom is 0.0471 e. The van der Waals surface area contributed by atoms with Crippen LogP contribution in [0.25, 0.3) is 0 Å². The summed E-state index contributed by atoms with van der Waals surface area (Å²) in [6.07, 6.45) is 0.677. The van der Waals surface area contributed by atoms with Crippen molar-refractivity contribution in [3.63, 3.8) is 0 Å². The predicted molar refractivity (Wildman–Crippen MR) is 54.4 cm³/mol. The lowest BCUT2D eigenvalue weighted by Gasteiger charge is -2.22. The van der Waals surface area contributed by atoms with E-state index in [0.29, 0.717) is 6.42 Å². The molecule has 0 aliphatic rings. The summed E-state index contributed by atoms with van der Waals surface area (Å²) in [4.78, 5) is 0. The molecule has 0 spiro atoms. The highest BCUT2D eigenvalue weighted by atomic mass is 16.2. The van der Waals surface area contributed by atoms with Crippen molar-refractivity contribution in [2.24, 2.45) is 5.73 Å². The molecule has 0 aliphatic carbocycles. The Morgan fingerprint density at radius 1 is 1.31 bits per heavy atom. The van der Waals surface area contributed by atoms with E-state index in [1.54, 1.807) is 0 Å². The van der Waals surface area contributed by atoms with Gasteiger partial charge in [-0.25, -0.2) is 0 Å². The van der Waals surface area contributed by atoms with Crippen LogP contribution in [0.4, 0.5) is 0 Å². The Morgan fingerprint density at radius 3 is 2.46 bits per heavy atom. The lowest BCUT2D eigenvalue weighted by molar-refractivity contribution is 0.298. The van der Waals surface area contributed by atoms with E-state index in [-0.39, 0.29) is 12.1 Å². The van der Waals surface area contributed by atoms with Crippen LogP contribution in [0.15, 0.2) is 24.3 Å². The second-order valence-corrected chi connectivity index (χ2v) is 3.85. The Bertz CT molecular complexity index is 276. The van der Waals surface area contributed by atoms with E-state index in [9.17, 15) is 0 Å². The third-order valence-corrected chi connectivity index (χ3v) is 2.09. The van der Waals surface area contributed by atoms with Crippen molar-refractivity contribution in [3.8, 4) is 0 Å². The van der Waals surface area contributed by atoms with Gasteiger partial charge >= 0.3 is 0 Å². The molecule has 0 bridgehead atoms. The van der Waals surface area contributed by atoms with Gasteiger partial charge in [-0.2, -0.15) is 0 Å². The smallest absolute Gasteiger partial charge is 0.0471 e. The minimum atomic E-state index is -0.328. The van der Waals surface area contributed by atoms with Gasteiger partial charge in [-0.1, -0.05) is 24.3 Å². The number of hydrogen-bond acceptors (Lipinski definition) is 2. The van der Waals surface area contributed by atoms with E-state index in [4.69, 9.17) is 10.8 Å². The second kappa shape index (κ2) is 3.90. The van der Waals surface area contributed by atoms with E-state index in [0.717, 1.165) is 11.1 Å². The molecule has 0 atom stereocenters. The molecule has 2 heteroatoms. The van der Waals surface area contributed by atoms with Gasteiger partial charge in [0.1, 0.15) is 0 Å². The van der Waals surface area contributed by atoms with Crippen LogP contribution < -0.4 is 5.73 Å². The standard InChI is InChI=1S/C11H17NO/c1-11(2,12)10-6-4-3-5-9(10)7-8-13/h3-6,13H,7-8,12H2,1-2H3. The molecule has 0 saturated carbocycles. The first-order chi connectivity index (χ1) is 6.05. The minimum absolute atomic E-state index is 0.174. The molecule has 1 aromatic carbocycles. The molecule has 1 aromatic rings. The van der Waals surface area contributed by atoms with Gasteiger partial charge in [-0.05, 0) is 31.4 Å². The monoisotopic (exact) mass is 179 g/mol. The van der Waals surface area contributed by atoms with Gasteiger partial charge in [0.25, 0.3) is 0 Å². The van der Waals surface area contributed by atoms with Gasteiger partial charge in [0, 0.05) is 12.1 Å². The SMILES string of the molecule is CC(C)(N)c1ccccc1CCO. The number of rotatable bonds is 3. The summed E-state index contributed by atoms with van der Waals surface area (Å²) in [5.74, 6) is 0. The van der Waals surface area contributed by atoms with Gasteiger partial charge in [-0.15, -0.1) is 0 Å². The Labute approximate surface area is 79.4 Å². The molecule has 0 unspecified atom stereocenters. The molecule has 0 heterocycles. The molecular weight excluding hydrogens is 162 g/mol. The van der Waals surface area contributed by atoms with Gasteiger partial charge < -0.3 is 10.8 Å². The van der Waals surface area contributed by atoms with Crippen LogP contribution in [0.5, 0.6) is 0 Å². The lowest BCUT2D eigenvalue weighted by Crippen LogP contribution is -2.30. The van der Waals surface area contributed by atoms with Crippen molar-refractivity contribution in [1.29, 1.82) is 0 Å². The summed E-state index contributed by atoms with van der Waals surface area (Å²) in [6.45, 7) is 4.12. The average molecular weight is 179 g/mol. The van der Waals surface area contributed by atoms with Crippen LogP contribution in [0.1, 0.15) is 25.0 Å². The first-order valence-electron chi connectivity index (χ1n) is 4.54. The van der Waals surface area contributed by atoms with E-state index < -0.39 is 0 Å². The second-order valence-electron chi connectivity index (χ2n) is 3.85. The molecule has 1 rings (SSSR count). The Kier molecular flexibility index (Phi) is 3.07. The van der Waals surface area contributed by atoms with E-state index in [2.05, 4.69) is 0 Å². The summed E-state index contributed by atoms with van der Waals surface area (Å²) in [5.41, 5.74) is 7.93. The summed E-state index contributed by atoms with van der Waals surface area (Å²) in [7, 11) is 0. The van der Waals surface area contributed by atoms with Gasteiger partial charge in [0.05, 0.1) is 0 Å². The van der Waals surface area contributed by atoms with E-state index >= 15 is 0 Å². The maximum absolute atomic E-state index is 8.87. The summed E-state index contributed by atoms with van der Waals surface area (Å²) >= 11 is 0. The Hall–Kier alpha value is -0.860. The molecule has 0 aliphatic heterocycles. The normalized spacial score (nSPS) is 11.7. The molecular formula is C11H17NO. The zero-order valence-corrected chi connectivity index (χ0v) is 8.25. The van der Waals surface area contributed by atoms with Crippen molar-refractivity contribution in [1.82, 2.24) is 0 Å². The maximum atomic E-state index is 8.87. The quantitative estimate of drug-likeness (QED) is 0.737. The predicted octanol–water partition coefficient (Wildman–Crippen LogP) is 1.42. The first kappa shape index (κ1) is 10.2. The third-order valence-electron chi connectivity index (χ3n) is 2.09. The van der Waals surface area contributed by atoms with Crippen LogP contribution >= 0.6 is 0 Å². The molecule has 0 aromatic heterocycles. The van der Waals surface area contributed by atoms with Gasteiger partial charge in [0.2, 0.25) is 0 Å². The number of aliphatic hydroxyl groups excluding tert-OH is 1. The fourth-order valence-electron chi connectivity index (χ4n) is 1.49. The fraction of sp³-hybridized carbons (Fsp3) is 0.455. The molecule has 13 heavy (non-hydrogen) atoms. The highest BCUT2D eigenvalue weighted by Crippen LogP contribution is 2.21.